The molecule has 0 saturated carbocycles. The van der Waals surface area contributed by atoms with E-state index in [1.54, 1.807) is 0 Å². The zero-order valence-electron chi connectivity index (χ0n) is 10.3. The number of alkyl halides is 3. The predicted molar refractivity (Wildman–Crippen MR) is 56.1 cm³/mol. The van der Waals surface area contributed by atoms with Gasteiger partial charge in [-0.2, -0.15) is 13.2 Å². The minimum absolute atomic E-state index is 0.497. The van der Waals surface area contributed by atoms with Gasteiger partial charge in [-0.3, -0.25) is 9.59 Å². The van der Waals surface area contributed by atoms with Crippen LogP contribution in [0.15, 0.2) is 0 Å². The number of nitrogens with one attached hydrogen (secondary N) is 1. The molecular weight excluding hydrogens is 305 g/mol. The van der Waals surface area contributed by atoms with Crippen molar-refractivity contribution in [2.75, 3.05) is 6.54 Å². The molecular formula is C9H11F3N2O7. The maximum Gasteiger partial charge on any atom is 0.495 e. The van der Waals surface area contributed by atoms with Gasteiger partial charge in [-0.05, 0) is 6.42 Å². The van der Waals surface area contributed by atoms with E-state index in [0.29, 0.717) is 0 Å². The van der Waals surface area contributed by atoms with Crippen molar-refractivity contribution >= 4 is 23.8 Å². The van der Waals surface area contributed by atoms with E-state index in [0.717, 1.165) is 0 Å². The lowest BCUT2D eigenvalue weighted by molar-refractivity contribution is -0.286. The zero-order chi connectivity index (χ0) is 16.6. The fourth-order valence-electron chi connectivity index (χ4n) is 0.954. The van der Waals surface area contributed by atoms with Crippen LogP contribution in [0.3, 0.4) is 0 Å². The van der Waals surface area contributed by atoms with Crippen molar-refractivity contribution in [1.82, 2.24) is 5.32 Å². The summed E-state index contributed by atoms with van der Waals surface area (Å²) in [6, 6.07) is -1.63. The molecule has 0 heterocycles. The molecule has 0 aliphatic carbocycles. The number of hydrogen-bond donors (Lipinski definition) is 3. The van der Waals surface area contributed by atoms with Gasteiger partial charge in [-0.15, -0.1) is 0 Å². The molecule has 0 aromatic rings. The first-order chi connectivity index (χ1) is 9.57. The standard InChI is InChI=1S/C9H11F3N2O7/c10-9(11,12)8(19)21-20-7(18)4(1-2-6(16)17)14-5(15)3-13/h4H,1-3,13H2,(H,14,15)(H,16,17)/t4-/m0/s1. The molecule has 1 atom stereocenters. The Hall–Kier alpha value is -2.37. The normalized spacial score (nSPS) is 12.2. The molecule has 0 bridgehead atoms. The van der Waals surface area contributed by atoms with Gasteiger partial charge < -0.3 is 16.2 Å². The van der Waals surface area contributed by atoms with Gasteiger partial charge in [0.15, 0.2) is 0 Å². The van der Waals surface area contributed by atoms with Gasteiger partial charge in [-0.25, -0.2) is 19.4 Å². The minimum Gasteiger partial charge on any atom is -0.481 e. The maximum atomic E-state index is 11.8. The topological polar surface area (TPSA) is 145 Å². The molecule has 120 valence electrons. The van der Waals surface area contributed by atoms with E-state index in [1.165, 1.54) is 0 Å². The molecule has 4 N–H and O–H groups in total. The Bertz CT molecular complexity index is 424. The van der Waals surface area contributed by atoms with Gasteiger partial charge in [0, 0.05) is 6.42 Å². The van der Waals surface area contributed by atoms with Crippen molar-refractivity contribution in [3.63, 3.8) is 0 Å². The zero-order valence-corrected chi connectivity index (χ0v) is 10.3. The van der Waals surface area contributed by atoms with E-state index in [4.69, 9.17) is 10.8 Å². The second-order valence-electron chi connectivity index (χ2n) is 3.53. The number of carboxylic acids is 1. The Balaban J connectivity index is 4.59. The lowest BCUT2D eigenvalue weighted by Gasteiger charge is -2.15. The van der Waals surface area contributed by atoms with Crippen LogP contribution in [0.2, 0.25) is 0 Å². The van der Waals surface area contributed by atoms with Crippen LogP contribution in [0.4, 0.5) is 13.2 Å². The minimum atomic E-state index is -5.38. The molecule has 0 unspecified atom stereocenters. The Morgan fingerprint density at radius 2 is 1.76 bits per heavy atom. The molecule has 12 heteroatoms. The molecule has 0 fully saturated rings. The highest BCUT2D eigenvalue weighted by atomic mass is 19.4. The Morgan fingerprint density at radius 1 is 1.19 bits per heavy atom. The Kier molecular flexibility index (Phi) is 7.13. The number of hydrogen-bond acceptors (Lipinski definition) is 7. The van der Waals surface area contributed by atoms with Gasteiger partial charge in [0.2, 0.25) is 5.91 Å². The van der Waals surface area contributed by atoms with Crippen molar-refractivity contribution in [3.8, 4) is 0 Å². The van der Waals surface area contributed by atoms with E-state index < -0.39 is 55.4 Å². The Morgan fingerprint density at radius 3 is 2.19 bits per heavy atom. The molecule has 0 rings (SSSR count). The molecule has 0 aromatic heterocycles. The van der Waals surface area contributed by atoms with Crippen LogP contribution >= 0.6 is 0 Å². The van der Waals surface area contributed by atoms with Crippen LogP contribution in [-0.2, 0) is 29.0 Å². The average Bonchev–Trinajstić information content (AvgIpc) is 2.38. The molecule has 0 aromatic carbocycles. The summed E-state index contributed by atoms with van der Waals surface area (Å²) in [5.41, 5.74) is 4.94. The van der Waals surface area contributed by atoms with Crippen molar-refractivity contribution in [1.29, 1.82) is 0 Å². The summed E-state index contributed by atoms with van der Waals surface area (Å²) in [6.45, 7) is -0.556. The van der Waals surface area contributed by atoms with Crippen molar-refractivity contribution in [2.24, 2.45) is 5.73 Å². The Labute approximate surface area is 115 Å². The number of nitrogens with two attached hydrogens (primary N) is 1. The summed E-state index contributed by atoms with van der Waals surface area (Å²) in [5, 5.41) is 10.3. The van der Waals surface area contributed by atoms with Gasteiger partial charge >= 0.3 is 24.1 Å². The third kappa shape index (κ3) is 7.71. The maximum absolute atomic E-state index is 11.8. The number of carbonyl (C=O) groups is 4. The number of rotatable bonds is 6. The lowest BCUT2D eigenvalue weighted by atomic mass is 10.1. The first-order valence-electron chi connectivity index (χ1n) is 5.28. The summed E-state index contributed by atoms with van der Waals surface area (Å²) in [6.07, 6.45) is -6.47. The molecule has 0 saturated heterocycles. The number of carbonyl (C=O) groups excluding carboxylic acids is 3. The monoisotopic (exact) mass is 316 g/mol. The lowest BCUT2D eigenvalue weighted by Crippen LogP contribution is -2.45. The summed E-state index contributed by atoms with van der Waals surface area (Å²) in [4.78, 5) is 49.8. The van der Waals surface area contributed by atoms with E-state index in [1.807, 2.05) is 5.32 Å². The quantitative estimate of drug-likeness (QED) is 0.412. The second-order valence-corrected chi connectivity index (χ2v) is 3.53. The highest BCUT2D eigenvalue weighted by molar-refractivity contribution is 5.86. The van der Waals surface area contributed by atoms with Crippen LogP contribution in [0.5, 0.6) is 0 Å². The van der Waals surface area contributed by atoms with Crippen LogP contribution in [-0.4, -0.2) is 47.7 Å². The van der Waals surface area contributed by atoms with E-state index in [9.17, 15) is 32.3 Å². The SMILES string of the molecule is NCC(=O)N[C@@H](CCC(=O)O)C(=O)OOC(=O)C(F)(F)F. The molecule has 9 nitrogen and oxygen atoms in total. The fourth-order valence-corrected chi connectivity index (χ4v) is 0.954. The number of halogens is 3. The highest BCUT2D eigenvalue weighted by Gasteiger charge is 2.43. The van der Waals surface area contributed by atoms with Crippen LogP contribution < -0.4 is 11.1 Å². The van der Waals surface area contributed by atoms with E-state index >= 15 is 0 Å². The molecule has 0 aliphatic heterocycles. The smallest absolute Gasteiger partial charge is 0.481 e. The van der Waals surface area contributed by atoms with Gasteiger partial charge in [0.25, 0.3) is 0 Å². The first-order valence-corrected chi connectivity index (χ1v) is 5.28. The third-order valence-corrected chi connectivity index (χ3v) is 1.88. The number of aliphatic carboxylic acids is 1. The molecule has 1 amide bonds. The van der Waals surface area contributed by atoms with E-state index in [2.05, 4.69) is 9.78 Å². The molecule has 0 spiro atoms. The number of carboxylic acid groups (broad SMARTS) is 1. The second kappa shape index (κ2) is 8.04. The molecule has 21 heavy (non-hydrogen) atoms. The van der Waals surface area contributed by atoms with Gasteiger partial charge in [0.1, 0.15) is 6.04 Å². The third-order valence-electron chi connectivity index (χ3n) is 1.88. The van der Waals surface area contributed by atoms with Gasteiger partial charge in [-0.1, -0.05) is 0 Å². The number of amides is 1. The summed E-state index contributed by atoms with van der Waals surface area (Å²) in [5.74, 6) is -6.57. The highest BCUT2D eigenvalue weighted by Crippen LogP contribution is 2.16. The summed E-state index contributed by atoms with van der Waals surface area (Å²) < 4.78 is 35.4. The first kappa shape index (κ1) is 18.6. The predicted octanol–water partition coefficient (Wildman–Crippen LogP) is -1.14. The molecule has 0 aliphatic rings. The van der Waals surface area contributed by atoms with Crippen LogP contribution in [0.1, 0.15) is 12.8 Å². The van der Waals surface area contributed by atoms with Crippen molar-refractivity contribution < 1.29 is 47.2 Å². The summed E-state index contributed by atoms with van der Waals surface area (Å²) >= 11 is 0. The van der Waals surface area contributed by atoms with Crippen molar-refractivity contribution in [3.05, 3.63) is 0 Å². The molecule has 0 radical (unpaired) electrons. The van der Waals surface area contributed by atoms with Crippen LogP contribution in [0, 0.1) is 0 Å². The van der Waals surface area contributed by atoms with Crippen molar-refractivity contribution in [2.45, 2.75) is 25.1 Å². The average molecular weight is 316 g/mol. The van der Waals surface area contributed by atoms with E-state index in [-0.39, 0.29) is 0 Å². The largest absolute Gasteiger partial charge is 0.495 e. The summed E-state index contributed by atoms with van der Waals surface area (Å²) in [7, 11) is 0. The van der Waals surface area contributed by atoms with Crippen LogP contribution in [0.25, 0.3) is 0 Å². The van der Waals surface area contributed by atoms with Gasteiger partial charge in [0.05, 0.1) is 6.54 Å². The fraction of sp³-hybridized carbons (Fsp3) is 0.556.